The molecule has 0 unspecified atom stereocenters. The lowest BCUT2D eigenvalue weighted by Crippen LogP contribution is -2.48. The quantitative estimate of drug-likeness (QED) is 0.596. The number of halogens is 1. The average Bonchev–Trinajstić information content (AvgIpc) is 2.66. The van der Waals surface area contributed by atoms with Crippen molar-refractivity contribution in [1.82, 2.24) is 9.21 Å². The third-order valence-electron chi connectivity index (χ3n) is 4.61. The molecule has 162 valence electrons. The van der Waals surface area contributed by atoms with Gasteiger partial charge in [-0.15, -0.1) is 0 Å². The molecule has 1 aliphatic rings. The van der Waals surface area contributed by atoms with Crippen molar-refractivity contribution < 1.29 is 27.5 Å². The fourth-order valence-electron chi connectivity index (χ4n) is 3.17. The van der Waals surface area contributed by atoms with E-state index in [1.54, 1.807) is 13.8 Å². The minimum absolute atomic E-state index is 0.00701. The zero-order valence-corrected chi connectivity index (χ0v) is 18.6. The van der Waals surface area contributed by atoms with Gasteiger partial charge in [0.15, 0.2) is 6.61 Å². The van der Waals surface area contributed by atoms with Crippen LogP contribution in [0.3, 0.4) is 0 Å². The molecule has 29 heavy (non-hydrogen) atoms. The Kier molecular flexibility index (Phi) is 8.04. The maximum Gasteiger partial charge on any atom is 0.338 e. The first-order valence-corrected chi connectivity index (χ1v) is 11.3. The van der Waals surface area contributed by atoms with E-state index >= 15 is 0 Å². The van der Waals surface area contributed by atoms with Crippen molar-refractivity contribution >= 4 is 33.5 Å². The summed E-state index contributed by atoms with van der Waals surface area (Å²) in [6.45, 7) is 8.22. The minimum atomic E-state index is -3.93. The van der Waals surface area contributed by atoms with Crippen LogP contribution in [0.1, 0.15) is 38.1 Å². The standard InChI is InChI=1S/C19H27ClN2O6S/c1-5-21(6-2)18(23)12-27-19(24)15-7-8-16(20)17(9-15)29(25,26)22-10-13(3)28-14(4)11-22/h7-9,13-14H,5-6,10-12H2,1-4H3/t13-,14-/m0/s1. The molecule has 1 heterocycles. The maximum absolute atomic E-state index is 13.1. The predicted molar refractivity (Wildman–Crippen MR) is 108 cm³/mol. The molecule has 0 aromatic heterocycles. The summed E-state index contributed by atoms with van der Waals surface area (Å²) in [5, 5.41) is 0.00701. The van der Waals surface area contributed by atoms with Crippen molar-refractivity contribution in [3.63, 3.8) is 0 Å². The second-order valence-corrected chi connectivity index (χ2v) is 9.18. The van der Waals surface area contributed by atoms with Crippen LogP contribution < -0.4 is 0 Å². The van der Waals surface area contributed by atoms with E-state index in [9.17, 15) is 18.0 Å². The molecule has 1 aliphatic heterocycles. The molecule has 1 aromatic carbocycles. The Morgan fingerprint density at radius 1 is 1.21 bits per heavy atom. The van der Waals surface area contributed by atoms with E-state index in [1.807, 2.05) is 13.8 Å². The second-order valence-electron chi connectivity index (χ2n) is 6.87. The van der Waals surface area contributed by atoms with Crippen molar-refractivity contribution in [3.8, 4) is 0 Å². The highest BCUT2D eigenvalue weighted by Gasteiger charge is 2.34. The van der Waals surface area contributed by atoms with E-state index < -0.39 is 22.6 Å². The number of hydrogen-bond acceptors (Lipinski definition) is 6. The third kappa shape index (κ3) is 5.69. The molecular formula is C19H27ClN2O6S. The Hall–Kier alpha value is -1.68. The van der Waals surface area contributed by atoms with Gasteiger partial charge in [0.2, 0.25) is 10.0 Å². The molecule has 0 bridgehead atoms. The summed E-state index contributed by atoms with van der Waals surface area (Å²) in [5.41, 5.74) is 0.00896. The molecule has 2 atom stereocenters. The van der Waals surface area contributed by atoms with Crippen LogP contribution in [0.4, 0.5) is 0 Å². The number of morpholine rings is 1. The molecule has 10 heteroatoms. The van der Waals surface area contributed by atoms with Crippen molar-refractivity contribution in [2.45, 2.75) is 44.8 Å². The molecule has 1 amide bonds. The number of rotatable bonds is 7. The number of likely N-dealkylation sites (N-methyl/N-ethyl adjacent to an activating group) is 1. The molecule has 0 saturated carbocycles. The SMILES string of the molecule is CCN(CC)C(=O)COC(=O)c1ccc(Cl)c(S(=O)(=O)N2C[C@H](C)O[C@@H](C)C2)c1. The molecule has 1 saturated heterocycles. The maximum atomic E-state index is 13.1. The van der Waals surface area contributed by atoms with Crippen LogP contribution in [-0.2, 0) is 24.3 Å². The molecule has 0 radical (unpaired) electrons. The number of nitrogens with zero attached hydrogens (tertiary/aromatic N) is 2. The first kappa shape index (κ1) is 23.6. The van der Waals surface area contributed by atoms with Gasteiger partial charge in [-0.2, -0.15) is 4.31 Å². The predicted octanol–water partition coefficient (Wildman–Crippen LogP) is 2.16. The summed E-state index contributed by atoms with van der Waals surface area (Å²) in [6, 6.07) is 3.90. The Labute approximate surface area is 176 Å². The molecule has 0 N–H and O–H groups in total. The summed E-state index contributed by atoms with van der Waals surface area (Å²) >= 11 is 6.13. The first-order valence-electron chi connectivity index (χ1n) is 9.50. The van der Waals surface area contributed by atoms with Gasteiger partial charge < -0.3 is 14.4 Å². The van der Waals surface area contributed by atoms with E-state index in [0.717, 1.165) is 0 Å². The number of benzene rings is 1. The number of carbonyl (C=O) groups is 2. The van der Waals surface area contributed by atoms with Gasteiger partial charge in [0.1, 0.15) is 4.90 Å². The van der Waals surface area contributed by atoms with Crippen LogP contribution in [0.2, 0.25) is 5.02 Å². The minimum Gasteiger partial charge on any atom is -0.452 e. The Bertz CT molecular complexity index is 846. The lowest BCUT2D eigenvalue weighted by atomic mass is 10.2. The monoisotopic (exact) mass is 446 g/mol. The summed E-state index contributed by atoms with van der Waals surface area (Å²) < 4.78 is 38.1. The van der Waals surface area contributed by atoms with E-state index in [4.69, 9.17) is 21.1 Å². The third-order valence-corrected chi connectivity index (χ3v) is 6.93. The van der Waals surface area contributed by atoms with Gasteiger partial charge in [-0.3, -0.25) is 4.79 Å². The summed E-state index contributed by atoms with van der Waals surface area (Å²) in [5.74, 6) is -1.11. The second kappa shape index (κ2) is 9.88. The molecule has 1 aromatic rings. The Morgan fingerprint density at radius 2 is 1.79 bits per heavy atom. The largest absolute Gasteiger partial charge is 0.452 e. The average molecular weight is 447 g/mol. The van der Waals surface area contributed by atoms with E-state index in [0.29, 0.717) is 13.1 Å². The van der Waals surface area contributed by atoms with Crippen LogP contribution >= 0.6 is 11.6 Å². The van der Waals surface area contributed by atoms with Crippen molar-refractivity contribution in [2.24, 2.45) is 0 Å². The molecule has 0 spiro atoms. The number of esters is 1. The normalized spacial score (nSPS) is 20.3. The van der Waals surface area contributed by atoms with Gasteiger partial charge in [-0.1, -0.05) is 11.6 Å². The van der Waals surface area contributed by atoms with Crippen molar-refractivity contribution in [2.75, 3.05) is 32.8 Å². The van der Waals surface area contributed by atoms with Gasteiger partial charge in [0.05, 0.1) is 22.8 Å². The van der Waals surface area contributed by atoms with Gasteiger partial charge in [-0.05, 0) is 45.9 Å². The number of amides is 1. The molecule has 1 fully saturated rings. The molecule has 0 aliphatic carbocycles. The van der Waals surface area contributed by atoms with Crippen LogP contribution in [0.15, 0.2) is 23.1 Å². The summed E-state index contributed by atoms with van der Waals surface area (Å²) in [6.07, 6.45) is -0.516. The van der Waals surface area contributed by atoms with Crippen LogP contribution in [0.5, 0.6) is 0 Å². The fraction of sp³-hybridized carbons (Fsp3) is 0.579. The zero-order chi connectivity index (χ0) is 21.8. The highest BCUT2D eigenvalue weighted by molar-refractivity contribution is 7.89. The summed E-state index contributed by atoms with van der Waals surface area (Å²) in [7, 11) is -3.93. The van der Waals surface area contributed by atoms with Crippen LogP contribution in [0, 0.1) is 0 Å². The van der Waals surface area contributed by atoms with Crippen molar-refractivity contribution in [1.29, 1.82) is 0 Å². The van der Waals surface area contributed by atoms with Gasteiger partial charge >= 0.3 is 5.97 Å². The number of ether oxygens (including phenoxy) is 2. The highest BCUT2D eigenvalue weighted by atomic mass is 35.5. The topological polar surface area (TPSA) is 93.2 Å². The number of carbonyl (C=O) groups excluding carboxylic acids is 2. The van der Waals surface area contributed by atoms with E-state index in [2.05, 4.69) is 0 Å². The Morgan fingerprint density at radius 3 is 2.34 bits per heavy atom. The van der Waals surface area contributed by atoms with Gasteiger partial charge in [-0.25, -0.2) is 13.2 Å². The Balaban J connectivity index is 2.20. The zero-order valence-electron chi connectivity index (χ0n) is 17.1. The summed E-state index contributed by atoms with van der Waals surface area (Å²) in [4.78, 5) is 25.7. The van der Waals surface area contributed by atoms with Crippen LogP contribution in [-0.4, -0.2) is 74.5 Å². The highest BCUT2D eigenvalue weighted by Crippen LogP contribution is 2.28. The van der Waals surface area contributed by atoms with Crippen LogP contribution in [0.25, 0.3) is 0 Å². The van der Waals surface area contributed by atoms with E-state index in [1.165, 1.54) is 27.4 Å². The van der Waals surface area contributed by atoms with Crippen molar-refractivity contribution in [3.05, 3.63) is 28.8 Å². The lowest BCUT2D eigenvalue weighted by Gasteiger charge is -2.34. The van der Waals surface area contributed by atoms with Gasteiger partial charge in [0.25, 0.3) is 5.91 Å². The smallest absolute Gasteiger partial charge is 0.338 e. The molecular weight excluding hydrogens is 420 g/mol. The lowest BCUT2D eigenvalue weighted by molar-refractivity contribution is -0.134. The first-order chi connectivity index (χ1) is 13.6. The molecule has 8 nitrogen and oxygen atoms in total. The fourth-order valence-corrected chi connectivity index (χ4v) is 5.26. The molecule has 2 rings (SSSR count). The van der Waals surface area contributed by atoms with Gasteiger partial charge in [0, 0.05) is 26.2 Å². The number of hydrogen-bond donors (Lipinski definition) is 0. The number of sulfonamides is 1. The van der Waals surface area contributed by atoms with E-state index in [-0.39, 0.29) is 46.7 Å².